The molecule has 14 heavy (non-hydrogen) atoms. The van der Waals surface area contributed by atoms with Crippen LogP contribution in [0.3, 0.4) is 0 Å². The third-order valence-electron chi connectivity index (χ3n) is 2.01. The van der Waals surface area contributed by atoms with Gasteiger partial charge in [-0.05, 0) is 12.5 Å². The lowest BCUT2D eigenvalue weighted by molar-refractivity contribution is -0.0609. The maximum atomic E-state index is 10.4. The molecule has 0 aliphatic rings. The van der Waals surface area contributed by atoms with Gasteiger partial charge < -0.3 is 0 Å². The summed E-state index contributed by atoms with van der Waals surface area (Å²) in [5.74, 6) is 0. The molecular weight excluding hydrogens is 202 g/mol. The molecule has 0 aliphatic carbocycles. The first kappa shape index (κ1) is 11.3. The zero-order valence-corrected chi connectivity index (χ0v) is 8.90. The minimum Gasteiger partial charge on any atom is -0.283 e. The van der Waals surface area contributed by atoms with Gasteiger partial charge in [-0.3, -0.25) is 4.55 Å². The SMILES string of the molecule is C[C@@H](c1ccccc1)N(C)OS(=O)O. The van der Waals surface area contributed by atoms with Crippen LogP contribution in [-0.2, 0) is 15.6 Å². The highest BCUT2D eigenvalue weighted by atomic mass is 32.2. The lowest BCUT2D eigenvalue weighted by atomic mass is 10.1. The Labute approximate surface area is 85.9 Å². The molecule has 1 aromatic carbocycles. The second-order valence-electron chi connectivity index (χ2n) is 2.92. The molecule has 0 saturated carbocycles. The van der Waals surface area contributed by atoms with Gasteiger partial charge in [0.1, 0.15) is 0 Å². The van der Waals surface area contributed by atoms with E-state index in [0.29, 0.717) is 0 Å². The molecule has 0 bridgehead atoms. The van der Waals surface area contributed by atoms with Crippen LogP contribution >= 0.6 is 0 Å². The van der Waals surface area contributed by atoms with Gasteiger partial charge in [0.2, 0.25) is 0 Å². The predicted octanol–water partition coefficient (Wildman–Crippen LogP) is 1.75. The van der Waals surface area contributed by atoms with Crippen LogP contribution in [0.5, 0.6) is 0 Å². The lowest BCUT2D eigenvalue weighted by Gasteiger charge is -2.21. The number of hydroxylamine groups is 2. The molecule has 1 unspecified atom stereocenters. The van der Waals surface area contributed by atoms with E-state index in [2.05, 4.69) is 4.28 Å². The highest BCUT2D eigenvalue weighted by molar-refractivity contribution is 7.74. The van der Waals surface area contributed by atoms with E-state index in [1.807, 2.05) is 37.3 Å². The van der Waals surface area contributed by atoms with Gasteiger partial charge in [-0.25, -0.2) is 0 Å². The molecule has 0 amide bonds. The summed E-state index contributed by atoms with van der Waals surface area (Å²) in [5.41, 5.74) is 1.03. The van der Waals surface area contributed by atoms with Gasteiger partial charge in [0, 0.05) is 7.05 Å². The topological polar surface area (TPSA) is 49.8 Å². The molecule has 0 aromatic heterocycles. The molecule has 2 atom stereocenters. The molecule has 0 fully saturated rings. The summed E-state index contributed by atoms with van der Waals surface area (Å²) < 4.78 is 23.5. The van der Waals surface area contributed by atoms with Crippen molar-refractivity contribution in [3.63, 3.8) is 0 Å². The minimum atomic E-state index is -2.26. The van der Waals surface area contributed by atoms with E-state index in [9.17, 15) is 4.21 Å². The Bertz CT molecular complexity index is 304. The molecule has 4 nitrogen and oxygen atoms in total. The molecule has 0 saturated heterocycles. The van der Waals surface area contributed by atoms with Gasteiger partial charge in [0.05, 0.1) is 6.04 Å². The van der Waals surface area contributed by atoms with Gasteiger partial charge >= 0.3 is 11.4 Å². The summed E-state index contributed by atoms with van der Waals surface area (Å²) in [6.45, 7) is 1.89. The molecule has 5 heteroatoms. The Morgan fingerprint density at radius 3 is 2.50 bits per heavy atom. The standard InChI is InChI=1S/C9H13NO3S/c1-8(10(2)13-14(11)12)9-6-4-3-5-7-9/h3-8H,1-2H3,(H,11,12)/t8-/m0/s1. The first-order valence-corrected chi connectivity index (χ1v) is 5.21. The van der Waals surface area contributed by atoms with Gasteiger partial charge in [-0.2, -0.15) is 13.6 Å². The lowest BCUT2D eigenvalue weighted by Crippen LogP contribution is -2.23. The maximum Gasteiger partial charge on any atom is 0.319 e. The highest BCUT2D eigenvalue weighted by Gasteiger charge is 2.13. The largest absolute Gasteiger partial charge is 0.319 e. The molecule has 1 aromatic rings. The number of rotatable bonds is 4. The van der Waals surface area contributed by atoms with Gasteiger partial charge in [-0.15, -0.1) is 0 Å². The molecule has 0 radical (unpaired) electrons. The number of hydrogen-bond acceptors (Lipinski definition) is 3. The summed E-state index contributed by atoms with van der Waals surface area (Å²) >= 11 is -2.26. The van der Waals surface area contributed by atoms with E-state index in [-0.39, 0.29) is 6.04 Å². The van der Waals surface area contributed by atoms with Crippen LogP contribution in [0.2, 0.25) is 0 Å². The molecule has 0 aliphatic heterocycles. The van der Waals surface area contributed by atoms with E-state index < -0.39 is 11.4 Å². The van der Waals surface area contributed by atoms with Crippen LogP contribution < -0.4 is 0 Å². The number of benzene rings is 1. The van der Waals surface area contributed by atoms with Crippen molar-refractivity contribution in [1.29, 1.82) is 0 Å². The van der Waals surface area contributed by atoms with Crippen LogP contribution in [0.1, 0.15) is 18.5 Å². The third-order valence-corrected chi connectivity index (χ3v) is 2.37. The zero-order valence-electron chi connectivity index (χ0n) is 8.08. The second-order valence-corrected chi connectivity index (χ2v) is 3.51. The fourth-order valence-corrected chi connectivity index (χ4v) is 1.44. The first-order chi connectivity index (χ1) is 6.61. The summed E-state index contributed by atoms with van der Waals surface area (Å²) in [6, 6.07) is 9.55. The van der Waals surface area contributed by atoms with Crippen molar-refractivity contribution < 1.29 is 13.0 Å². The van der Waals surface area contributed by atoms with Crippen molar-refractivity contribution in [2.75, 3.05) is 7.05 Å². The van der Waals surface area contributed by atoms with E-state index in [4.69, 9.17) is 4.55 Å². The molecular formula is C9H13NO3S. The molecule has 78 valence electrons. The first-order valence-electron chi connectivity index (χ1n) is 4.18. The smallest absolute Gasteiger partial charge is 0.283 e. The average Bonchev–Trinajstić information content (AvgIpc) is 2.17. The summed E-state index contributed by atoms with van der Waals surface area (Å²) in [6.07, 6.45) is 0. The minimum absolute atomic E-state index is 0.0627. The Morgan fingerprint density at radius 1 is 1.43 bits per heavy atom. The van der Waals surface area contributed by atoms with Gasteiger partial charge in [0.25, 0.3) is 0 Å². The monoisotopic (exact) mass is 215 g/mol. The molecule has 0 spiro atoms. The zero-order chi connectivity index (χ0) is 10.6. The van der Waals surface area contributed by atoms with Crippen molar-refractivity contribution in [3.05, 3.63) is 35.9 Å². The van der Waals surface area contributed by atoms with Crippen molar-refractivity contribution in [2.45, 2.75) is 13.0 Å². The van der Waals surface area contributed by atoms with Crippen molar-refractivity contribution in [3.8, 4) is 0 Å². The fourth-order valence-electron chi connectivity index (χ4n) is 1.11. The van der Waals surface area contributed by atoms with Gasteiger partial charge in [0.15, 0.2) is 0 Å². The Morgan fingerprint density at radius 2 is 2.00 bits per heavy atom. The second kappa shape index (κ2) is 5.21. The predicted molar refractivity (Wildman–Crippen MR) is 54.5 cm³/mol. The van der Waals surface area contributed by atoms with Crippen LogP contribution in [0.25, 0.3) is 0 Å². The third kappa shape index (κ3) is 3.19. The number of hydrogen-bond donors (Lipinski definition) is 1. The summed E-state index contributed by atoms with van der Waals surface area (Å²) in [5, 5.41) is 1.35. The number of nitrogens with zero attached hydrogens (tertiary/aromatic N) is 1. The average molecular weight is 215 g/mol. The van der Waals surface area contributed by atoms with Crippen LogP contribution in [0.15, 0.2) is 30.3 Å². The van der Waals surface area contributed by atoms with Crippen molar-refractivity contribution in [1.82, 2.24) is 5.06 Å². The van der Waals surface area contributed by atoms with Crippen molar-refractivity contribution >= 4 is 11.4 Å². The quantitative estimate of drug-likeness (QED) is 0.614. The van der Waals surface area contributed by atoms with E-state index in [1.165, 1.54) is 5.06 Å². The van der Waals surface area contributed by atoms with Crippen LogP contribution in [0, 0.1) is 0 Å². The van der Waals surface area contributed by atoms with E-state index in [0.717, 1.165) is 5.56 Å². The van der Waals surface area contributed by atoms with E-state index >= 15 is 0 Å². The summed E-state index contributed by atoms with van der Waals surface area (Å²) in [7, 11) is 1.62. The maximum absolute atomic E-state index is 10.4. The Hall–Kier alpha value is -0.750. The van der Waals surface area contributed by atoms with Crippen LogP contribution in [-0.4, -0.2) is 20.9 Å². The van der Waals surface area contributed by atoms with Crippen LogP contribution in [0.4, 0.5) is 0 Å². The highest BCUT2D eigenvalue weighted by Crippen LogP contribution is 2.18. The normalized spacial score (nSPS) is 15.4. The fraction of sp³-hybridized carbons (Fsp3) is 0.333. The Kier molecular flexibility index (Phi) is 4.21. The summed E-state index contributed by atoms with van der Waals surface area (Å²) in [4.78, 5) is 0. The molecule has 0 heterocycles. The van der Waals surface area contributed by atoms with Crippen molar-refractivity contribution in [2.24, 2.45) is 0 Å². The molecule has 1 N–H and O–H groups in total. The molecule has 1 rings (SSSR count). The van der Waals surface area contributed by atoms with E-state index in [1.54, 1.807) is 7.05 Å². The Balaban J connectivity index is 2.65. The van der Waals surface area contributed by atoms with Gasteiger partial charge in [-0.1, -0.05) is 30.3 Å².